The number of benzene rings is 1. The van der Waals surface area contributed by atoms with Gasteiger partial charge in [-0.05, 0) is 0 Å². The third-order valence-corrected chi connectivity index (χ3v) is 1.76. The molecule has 0 aliphatic heterocycles. The van der Waals surface area contributed by atoms with Crippen molar-refractivity contribution in [1.29, 1.82) is 0 Å². The standard InChI is InChI=1S/C9H8FN3/c10-13-9(11)6-8(12-13)7-4-2-1-3-5-7/h1-6H,11H2. The topological polar surface area (TPSA) is 43.8 Å². The first-order valence-electron chi connectivity index (χ1n) is 3.84. The molecule has 1 aromatic heterocycles. The van der Waals surface area contributed by atoms with Gasteiger partial charge >= 0.3 is 0 Å². The minimum absolute atomic E-state index is 0.0128. The molecule has 0 atom stereocenters. The number of nitrogens with two attached hydrogens (primary N) is 1. The van der Waals surface area contributed by atoms with E-state index >= 15 is 0 Å². The first-order valence-corrected chi connectivity index (χ1v) is 3.84. The summed E-state index contributed by atoms with van der Waals surface area (Å²) in [5.41, 5.74) is 6.70. The second kappa shape index (κ2) is 2.90. The number of nitrogen functional groups attached to an aromatic ring is 1. The molecule has 0 bridgehead atoms. The van der Waals surface area contributed by atoms with E-state index in [9.17, 15) is 4.48 Å². The Bertz CT molecular complexity index is 389. The number of hydrogen-bond donors (Lipinski definition) is 1. The summed E-state index contributed by atoms with van der Waals surface area (Å²) in [4.78, 5) is 0.169. The van der Waals surface area contributed by atoms with E-state index in [1.54, 1.807) is 0 Å². The number of aromatic nitrogens is 2. The number of halogens is 1. The highest BCUT2D eigenvalue weighted by molar-refractivity contribution is 5.61. The lowest BCUT2D eigenvalue weighted by Crippen LogP contribution is -1.92. The van der Waals surface area contributed by atoms with Crippen LogP contribution in [-0.2, 0) is 0 Å². The van der Waals surface area contributed by atoms with Gasteiger partial charge in [0.25, 0.3) is 0 Å². The fraction of sp³-hybridized carbons (Fsp3) is 0. The quantitative estimate of drug-likeness (QED) is 0.722. The normalized spacial score (nSPS) is 10.2. The third kappa shape index (κ3) is 1.38. The summed E-state index contributed by atoms with van der Waals surface area (Å²) in [6.45, 7) is 0. The molecule has 1 aromatic carbocycles. The molecule has 1 heterocycles. The zero-order chi connectivity index (χ0) is 9.26. The van der Waals surface area contributed by atoms with E-state index < -0.39 is 0 Å². The Kier molecular flexibility index (Phi) is 1.73. The molecule has 66 valence electrons. The molecule has 13 heavy (non-hydrogen) atoms. The van der Waals surface area contributed by atoms with Gasteiger partial charge < -0.3 is 5.73 Å². The maximum atomic E-state index is 12.7. The van der Waals surface area contributed by atoms with Crippen molar-refractivity contribution in [3.63, 3.8) is 0 Å². The highest BCUT2D eigenvalue weighted by atomic mass is 19.2. The van der Waals surface area contributed by atoms with E-state index in [1.807, 2.05) is 30.3 Å². The number of nitrogens with zero attached hydrogens (tertiary/aromatic N) is 2. The van der Waals surface area contributed by atoms with Gasteiger partial charge in [0.05, 0.1) is 5.69 Å². The van der Waals surface area contributed by atoms with Crippen LogP contribution in [0.1, 0.15) is 0 Å². The summed E-state index contributed by atoms with van der Waals surface area (Å²) in [7, 11) is 0. The molecular formula is C9H8FN3. The second-order valence-corrected chi connectivity index (χ2v) is 2.68. The largest absolute Gasteiger partial charge is 0.382 e. The van der Waals surface area contributed by atoms with E-state index in [0.29, 0.717) is 5.69 Å². The van der Waals surface area contributed by atoms with Crippen LogP contribution in [0.5, 0.6) is 0 Å². The summed E-state index contributed by atoms with van der Waals surface area (Å²) in [5, 5.41) is 3.61. The van der Waals surface area contributed by atoms with Crippen LogP contribution < -0.4 is 5.73 Å². The summed E-state index contributed by atoms with van der Waals surface area (Å²) >= 11 is 0. The van der Waals surface area contributed by atoms with Crippen LogP contribution in [0.3, 0.4) is 0 Å². The van der Waals surface area contributed by atoms with Crippen molar-refractivity contribution in [2.75, 3.05) is 5.73 Å². The Morgan fingerprint density at radius 1 is 1.23 bits per heavy atom. The lowest BCUT2D eigenvalue weighted by Gasteiger charge is -1.92. The Balaban J connectivity index is 2.48. The zero-order valence-corrected chi connectivity index (χ0v) is 6.81. The van der Waals surface area contributed by atoms with Crippen LogP contribution in [0.4, 0.5) is 10.3 Å². The van der Waals surface area contributed by atoms with Crippen LogP contribution in [0.15, 0.2) is 36.4 Å². The van der Waals surface area contributed by atoms with Crippen molar-refractivity contribution in [2.45, 2.75) is 0 Å². The van der Waals surface area contributed by atoms with E-state index in [-0.39, 0.29) is 10.7 Å². The number of hydrogen-bond acceptors (Lipinski definition) is 2. The molecular weight excluding hydrogens is 169 g/mol. The average molecular weight is 177 g/mol. The Morgan fingerprint density at radius 3 is 2.46 bits per heavy atom. The zero-order valence-electron chi connectivity index (χ0n) is 6.81. The van der Waals surface area contributed by atoms with Gasteiger partial charge in [0.15, 0.2) is 5.82 Å². The van der Waals surface area contributed by atoms with Crippen molar-refractivity contribution < 1.29 is 4.48 Å². The molecule has 2 N–H and O–H groups in total. The van der Waals surface area contributed by atoms with E-state index in [4.69, 9.17) is 5.73 Å². The van der Waals surface area contributed by atoms with Gasteiger partial charge in [0.2, 0.25) is 0 Å². The molecule has 0 radical (unpaired) electrons. The Hall–Kier alpha value is -1.84. The molecule has 0 amide bonds. The summed E-state index contributed by atoms with van der Waals surface area (Å²) in [6.07, 6.45) is 0. The van der Waals surface area contributed by atoms with E-state index in [0.717, 1.165) is 5.56 Å². The predicted molar refractivity (Wildman–Crippen MR) is 48.6 cm³/mol. The lowest BCUT2D eigenvalue weighted by atomic mass is 10.2. The van der Waals surface area contributed by atoms with Gasteiger partial charge in [-0.15, -0.1) is 5.10 Å². The smallest absolute Gasteiger partial charge is 0.158 e. The highest BCUT2D eigenvalue weighted by Crippen LogP contribution is 2.19. The maximum Gasteiger partial charge on any atom is 0.158 e. The van der Waals surface area contributed by atoms with Crippen molar-refractivity contribution in [2.24, 2.45) is 0 Å². The van der Waals surface area contributed by atoms with Crippen molar-refractivity contribution in [3.05, 3.63) is 36.4 Å². The van der Waals surface area contributed by atoms with Crippen LogP contribution in [0, 0.1) is 0 Å². The molecule has 0 saturated heterocycles. The van der Waals surface area contributed by atoms with Crippen LogP contribution in [0.2, 0.25) is 0 Å². The molecule has 2 rings (SSSR count). The molecule has 0 unspecified atom stereocenters. The molecule has 0 saturated carbocycles. The molecule has 2 aromatic rings. The van der Waals surface area contributed by atoms with E-state index in [1.165, 1.54) is 6.07 Å². The van der Waals surface area contributed by atoms with Gasteiger partial charge in [0, 0.05) is 11.6 Å². The third-order valence-electron chi connectivity index (χ3n) is 1.76. The van der Waals surface area contributed by atoms with Gasteiger partial charge in [-0.1, -0.05) is 39.7 Å². The first kappa shape index (κ1) is 7.79. The maximum absolute atomic E-state index is 12.7. The monoisotopic (exact) mass is 177 g/mol. The van der Waals surface area contributed by atoms with Gasteiger partial charge in [-0.3, -0.25) is 0 Å². The SMILES string of the molecule is Nc1cc(-c2ccccc2)nn1F. The van der Waals surface area contributed by atoms with Gasteiger partial charge in [0.1, 0.15) is 0 Å². The van der Waals surface area contributed by atoms with Crippen LogP contribution in [0.25, 0.3) is 11.3 Å². The van der Waals surface area contributed by atoms with Crippen LogP contribution >= 0.6 is 0 Å². The average Bonchev–Trinajstić information content (AvgIpc) is 2.49. The van der Waals surface area contributed by atoms with Crippen molar-refractivity contribution in [1.82, 2.24) is 10.0 Å². The summed E-state index contributed by atoms with van der Waals surface area (Å²) in [5.74, 6) is 0.0128. The lowest BCUT2D eigenvalue weighted by molar-refractivity contribution is 0.325. The fourth-order valence-corrected chi connectivity index (χ4v) is 1.12. The fourth-order valence-electron chi connectivity index (χ4n) is 1.12. The van der Waals surface area contributed by atoms with Gasteiger partial charge in [-0.25, -0.2) is 0 Å². The molecule has 4 heteroatoms. The minimum atomic E-state index is 0.0128. The van der Waals surface area contributed by atoms with E-state index in [2.05, 4.69) is 5.10 Å². The van der Waals surface area contributed by atoms with Crippen LogP contribution in [-0.4, -0.2) is 10.0 Å². The number of rotatable bonds is 1. The minimum Gasteiger partial charge on any atom is -0.382 e. The Morgan fingerprint density at radius 2 is 1.92 bits per heavy atom. The molecule has 3 nitrogen and oxygen atoms in total. The van der Waals surface area contributed by atoms with Crippen molar-refractivity contribution >= 4 is 5.82 Å². The summed E-state index contributed by atoms with van der Waals surface area (Å²) in [6, 6.07) is 10.8. The highest BCUT2D eigenvalue weighted by Gasteiger charge is 2.05. The Labute approximate surface area is 74.5 Å². The molecule has 0 aliphatic carbocycles. The first-order chi connectivity index (χ1) is 6.27. The van der Waals surface area contributed by atoms with Gasteiger partial charge in [-0.2, -0.15) is 0 Å². The number of anilines is 1. The molecule has 0 aliphatic rings. The molecule has 0 fully saturated rings. The second-order valence-electron chi connectivity index (χ2n) is 2.68. The van der Waals surface area contributed by atoms with Crippen molar-refractivity contribution in [3.8, 4) is 11.3 Å². The summed E-state index contributed by atoms with van der Waals surface area (Å²) < 4.78 is 12.7. The predicted octanol–water partition coefficient (Wildman–Crippen LogP) is 1.86. The molecule has 0 spiro atoms.